The molecule has 1 aliphatic rings. The van der Waals surface area contributed by atoms with Crippen LogP contribution in [-0.4, -0.2) is 35.9 Å². The van der Waals surface area contributed by atoms with Gasteiger partial charge in [-0.1, -0.05) is 18.2 Å². The zero-order valence-electron chi connectivity index (χ0n) is 11.6. The summed E-state index contributed by atoms with van der Waals surface area (Å²) in [5, 5.41) is 0. The minimum Gasteiger partial charge on any atom is -0.481 e. The highest BCUT2D eigenvalue weighted by Gasteiger charge is 2.29. The van der Waals surface area contributed by atoms with Crippen molar-refractivity contribution in [2.24, 2.45) is 11.7 Å². The van der Waals surface area contributed by atoms with Gasteiger partial charge in [0, 0.05) is 13.1 Å². The number of piperidine rings is 1. The number of amides is 2. The van der Waals surface area contributed by atoms with Gasteiger partial charge in [0.05, 0.1) is 5.92 Å². The van der Waals surface area contributed by atoms with E-state index in [1.807, 2.05) is 30.3 Å². The van der Waals surface area contributed by atoms with Crippen LogP contribution >= 0.6 is 0 Å². The molecule has 2 amide bonds. The van der Waals surface area contributed by atoms with Gasteiger partial charge < -0.3 is 15.4 Å². The summed E-state index contributed by atoms with van der Waals surface area (Å²) in [7, 11) is 0. The molecule has 1 aliphatic heterocycles. The van der Waals surface area contributed by atoms with Gasteiger partial charge in [0.2, 0.25) is 5.91 Å². The molecule has 108 valence electrons. The Balaban J connectivity index is 1.94. The second-order valence-corrected chi connectivity index (χ2v) is 5.10. The quantitative estimate of drug-likeness (QED) is 0.897. The van der Waals surface area contributed by atoms with Gasteiger partial charge in [0.25, 0.3) is 5.91 Å². The predicted octanol–water partition coefficient (Wildman–Crippen LogP) is 1.18. The smallest absolute Gasteiger partial charge is 0.263 e. The van der Waals surface area contributed by atoms with Gasteiger partial charge in [-0.15, -0.1) is 0 Å². The zero-order chi connectivity index (χ0) is 14.5. The number of benzene rings is 1. The Hall–Kier alpha value is -2.04. The summed E-state index contributed by atoms with van der Waals surface area (Å²) in [6, 6.07) is 9.23. The fourth-order valence-corrected chi connectivity index (χ4v) is 2.42. The van der Waals surface area contributed by atoms with E-state index >= 15 is 0 Å². The van der Waals surface area contributed by atoms with Crippen LogP contribution in [-0.2, 0) is 9.59 Å². The van der Waals surface area contributed by atoms with E-state index in [9.17, 15) is 9.59 Å². The van der Waals surface area contributed by atoms with Crippen molar-refractivity contribution in [2.75, 3.05) is 13.1 Å². The molecule has 2 atom stereocenters. The maximum absolute atomic E-state index is 12.3. The molecule has 2 rings (SSSR count). The van der Waals surface area contributed by atoms with E-state index in [1.54, 1.807) is 11.8 Å². The third-order valence-corrected chi connectivity index (χ3v) is 3.54. The largest absolute Gasteiger partial charge is 0.481 e. The lowest BCUT2D eigenvalue weighted by atomic mass is 9.97. The van der Waals surface area contributed by atoms with Crippen molar-refractivity contribution in [1.29, 1.82) is 0 Å². The number of hydrogen-bond donors (Lipinski definition) is 1. The van der Waals surface area contributed by atoms with E-state index in [-0.39, 0.29) is 17.7 Å². The zero-order valence-corrected chi connectivity index (χ0v) is 11.6. The first kappa shape index (κ1) is 14.4. The highest BCUT2D eigenvalue weighted by molar-refractivity contribution is 5.83. The predicted molar refractivity (Wildman–Crippen MR) is 75.0 cm³/mol. The van der Waals surface area contributed by atoms with Crippen molar-refractivity contribution in [3.05, 3.63) is 30.3 Å². The van der Waals surface area contributed by atoms with Crippen LogP contribution in [0.3, 0.4) is 0 Å². The highest BCUT2D eigenvalue weighted by atomic mass is 16.5. The third-order valence-electron chi connectivity index (χ3n) is 3.54. The molecule has 1 fully saturated rings. The molecule has 2 N–H and O–H groups in total. The van der Waals surface area contributed by atoms with Crippen molar-refractivity contribution in [3.63, 3.8) is 0 Å². The molecule has 1 aromatic rings. The molecule has 0 bridgehead atoms. The van der Waals surface area contributed by atoms with Crippen molar-refractivity contribution in [3.8, 4) is 5.75 Å². The maximum Gasteiger partial charge on any atom is 0.263 e. The Morgan fingerprint density at radius 1 is 1.35 bits per heavy atom. The van der Waals surface area contributed by atoms with E-state index in [0.717, 1.165) is 12.8 Å². The number of ether oxygens (including phenoxy) is 1. The van der Waals surface area contributed by atoms with E-state index in [4.69, 9.17) is 10.5 Å². The molecule has 0 aliphatic carbocycles. The van der Waals surface area contributed by atoms with Gasteiger partial charge in [0.1, 0.15) is 5.75 Å². The first-order chi connectivity index (χ1) is 9.58. The first-order valence-corrected chi connectivity index (χ1v) is 6.87. The lowest BCUT2D eigenvalue weighted by molar-refractivity contribution is -0.141. The van der Waals surface area contributed by atoms with Crippen LogP contribution < -0.4 is 10.5 Å². The summed E-state index contributed by atoms with van der Waals surface area (Å²) < 4.78 is 5.62. The Morgan fingerprint density at radius 2 is 2.05 bits per heavy atom. The summed E-state index contributed by atoms with van der Waals surface area (Å²) in [5.74, 6) is -0.00706. The van der Waals surface area contributed by atoms with Gasteiger partial charge in [-0.2, -0.15) is 0 Å². The molecule has 0 saturated carbocycles. The number of carbonyl (C=O) groups excluding carboxylic acids is 2. The molecule has 5 heteroatoms. The van der Waals surface area contributed by atoms with Gasteiger partial charge in [-0.3, -0.25) is 9.59 Å². The Morgan fingerprint density at radius 3 is 2.70 bits per heavy atom. The van der Waals surface area contributed by atoms with E-state index in [2.05, 4.69) is 0 Å². The van der Waals surface area contributed by atoms with E-state index < -0.39 is 6.10 Å². The van der Waals surface area contributed by atoms with Gasteiger partial charge in [-0.25, -0.2) is 0 Å². The van der Waals surface area contributed by atoms with Crippen molar-refractivity contribution >= 4 is 11.8 Å². The summed E-state index contributed by atoms with van der Waals surface area (Å²) in [4.78, 5) is 25.2. The molecule has 1 heterocycles. The number of nitrogens with two attached hydrogens (primary N) is 1. The molecular weight excluding hydrogens is 256 g/mol. The van der Waals surface area contributed by atoms with Crippen LogP contribution in [0, 0.1) is 5.92 Å². The Bertz CT molecular complexity index is 475. The number of nitrogens with zero attached hydrogens (tertiary/aromatic N) is 1. The monoisotopic (exact) mass is 276 g/mol. The molecular formula is C15H20N2O3. The van der Waals surface area contributed by atoms with Crippen LogP contribution in [0.25, 0.3) is 0 Å². The normalized spacial score (nSPS) is 20.2. The minimum atomic E-state index is -0.566. The summed E-state index contributed by atoms with van der Waals surface area (Å²) in [5.41, 5.74) is 5.32. The average Bonchev–Trinajstić information content (AvgIpc) is 2.47. The molecule has 0 radical (unpaired) electrons. The fraction of sp³-hybridized carbons (Fsp3) is 0.467. The van der Waals surface area contributed by atoms with E-state index in [0.29, 0.717) is 18.8 Å². The number of carbonyl (C=O) groups is 2. The highest BCUT2D eigenvalue weighted by Crippen LogP contribution is 2.18. The SMILES string of the molecule is CC(Oc1ccccc1)C(=O)N1CCCC(C(N)=O)C1. The van der Waals surface area contributed by atoms with Gasteiger partial charge >= 0.3 is 0 Å². The van der Waals surface area contributed by atoms with Gasteiger partial charge in [-0.05, 0) is 31.9 Å². The second-order valence-electron chi connectivity index (χ2n) is 5.10. The molecule has 1 aromatic carbocycles. The Labute approximate surface area is 118 Å². The van der Waals surface area contributed by atoms with E-state index in [1.165, 1.54) is 0 Å². The van der Waals surface area contributed by atoms with Crippen LogP contribution in [0.5, 0.6) is 5.75 Å². The third kappa shape index (κ3) is 3.50. The van der Waals surface area contributed by atoms with Crippen LogP contribution in [0.2, 0.25) is 0 Å². The maximum atomic E-state index is 12.3. The van der Waals surface area contributed by atoms with Gasteiger partial charge in [0.15, 0.2) is 6.10 Å². The summed E-state index contributed by atoms with van der Waals surface area (Å²) >= 11 is 0. The molecule has 0 aromatic heterocycles. The standard InChI is InChI=1S/C15H20N2O3/c1-11(20-13-7-3-2-4-8-13)15(19)17-9-5-6-12(10-17)14(16)18/h2-4,7-8,11-12H,5-6,9-10H2,1H3,(H2,16,18). The second kappa shape index (κ2) is 6.41. The van der Waals surface area contributed by atoms with Crippen LogP contribution in [0.1, 0.15) is 19.8 Å². The minimum absolute atomic E-state index is 0.0974. The topological polar surface area (TPSA) is 72.6 Å². The van der Waals surface area contributed by atoms with Crippen molar-refractivity contribution in [2.45, 2.75) is 25.9 Å². The number of hydrogen-bond acceptors (Lipinski definition) is 3. The summed E-state index contributed by atoms with van der Waals surface area (Å²) in [6.45, 7) is 2.78. The lowest BCUT2D eigenvalue weighted by Crippen LogP contribution is -2.48. The van der Waals surface area contributed by atoms with Crippen LogP contribution in [0.15, 0.2) is 30.3 Å². The molecule has 5 nitrogen and oxygen atoms in total. The number of likely N-dealkylation sites (tertiary alicyclic amines) is 1. The lowest BCUT2D eigenvalue weighted by Gasteiger charge is -2.32. The molecule has 2 unspecified atom stereocenters. The molecule has 0 spiro atoms. The van der Waals surface area contributed by atoms with Crippen molar-refractivity contribution < 1.29 is 14.3 Å². The van der Waals surface area contributed by atoms with Crippen molar-refractivity contribution in [1.82, 2.24) is 4.90 Å². The van der Waals surface area contributed by atoms with Crippen LogP contribution in [0.4, 0.5) is 0 Å². The fourth-order valence-electron chi connectivity index (χ4n) is 2.42. The summed E-state index contributed by atoms with van der Waals surface area (Å²) in [6.07, 6.45) is 0.994. The molecule has 1 saturated heterocycles. The number of rotatable bonds is 4. The first-order valence-electron chi connectivity index (χ1n) is 6.87. The Kier molecular flexibility index (Phi) is 4.61. The molecule has 20 heavy (non-hydrogen) atoms. The number of para-hydroxylation sites is 1. The average molecular weight is 276 g/mol. The number of primary amides is 1.